The van der Waals surface area contributed by atoms with Crippen molar-refractivity contribution in [3.05, 3.63) is 29.6 Å². The highest BCUT2D eigenvalue weighted by molar-refractivity contribution is 5.93. The Morgan fingerprint density at radius 1 is 1.19 bits per heavy atom. The van der Waals surface area contributed by atoms with Gasteiger partial charge in [-0.25, -0.2) is 4.79 Å². The molecule has 140 valence electrons. The summed E-state index contributed by atoms with van der Waals surface area (Å²) in [5.74, 6) is -1.58. The molecule has 3 N–H and O–H groups in total. The standard InChI is InChI=1S/C19H25N3O4/c1-20-17(23)12-7-8-15(21-10-12)13-9-14(13)18(24)22-16(19(25)26)11-5-3-2-4-6-11/h7-8,10-11,13-14,16H,2-6,9H2,1H3,(H,20,23)(H,22,24)(H,25,26)/t13?,14?,16-/m0/s1. The van der Waals surface area contributed by atoms with Gasteiger partial charge in [-0.3, -0.25) is 14.6 Å². The molecule has 1 aromatic heterocycles. The van der Waals surface area contributed by atoms with E-state index in [9.17, 15) is 19.5 Å². The van der Waals surface area contributed by atoms with Gasteiger partial charge < -0.3 is 15.7 Å². The average molecular weight is 359 g/mol. The molecule has 2 saturated carbocycles. The third kappa shape index (κ3) is 4.03. The van der Waals surface area contributed by atoms with Gasteiger partial charge in [-0.1, -0.05) is 19.3 Å². The Morgan fingerprint density at radius 2 is 1.92 bits per heavy atom. The van der Waals surface area contributed by atoms with Crippen molar-refractivity contribution in [2.24, 2.45) is 11.8 Å². The molecule has 0 saturated heterocycles. The van der Waals surface area contributed by atoms with E-state index in [1.165, 1.54) is 6.20 Å². The lowest BCUT2D eigenvalue weighted by Crippen LogP contribution is -2.47. The van der Waals surface area contributed by atoms with Crippen molar-refractivity contribution < 1.29 is 19.5 Å². The third-order valence-electron chi connectivity index (χ3n) is 5.47. The van der Waals surface area contributed by atoms with Gasteiger partial charge in [-0.15, -0.1) is 0 Å². The van der Waals surface area contributed by atoms with Crippen molar-refractivity contribution in [3.63, 3.8) is 0 Å². The number of hydrogen-bond acceptors (Lipinski definition) is 4. The van der Waals surface area contributed by atoms with E-state index in [0.29, 0.717) is 12.0 Å². The highest BCUT2D eigenvalue weighted by Gasteiger charge is 2.46. The highest BCUT2D eigenvalue weighted by Crippen LogP contribution is 2.47. The van der Waals surface area contributed by atoms with Crippen molar-refractivity contribution in [2.45, 2.75) is 50.5 Å². The number of rotatable bonds is 6. The Bertz CT molecular complexity index is 683. The van der Waals surface area contributed by atoms with E-state index in [0.717, 1.165) is 37.8 Å². The summed E-state index contributed by atoms with van der Waals surface area (Å²) in [6, 6.07) is 2.65. The fourth-order valence-electron chi connectivity index (χ4n) is 3.82. The van der Waals surface area contributed by atoms with E-state index in [4.69, 9.17) is 0 Å². The number of nitrogens with zero attached hydrogens (tertiary/aromatic N) is 1. The Kier molecular flexibility index (Phi) is 5.54. The van der Waals surface area contributed by atoms with Crippen molar-refractivity contribution >= 4 is 17.8 Å². The second-order valence-electron chi connectivity index (χ2n) is 7.22. The quantitative estimate of drug-likeness (QED) is 0.716. The first-order valence-electron chi connectivity index (χ1n) is 9.22. The van der Waals surface area contributed by atoms with Crippen LogP contribution in [0.2, 0.25) is 0 Å². The van der Waals surface area contributed by atoms with E-state index < -0.39 is 12.0 Å². The molecule has 26 heavy (non-hydrogen) atoms. The number of aromatic nitrogens is 1. The lowest BCUT2D eigenvalue weighted by atomic mass is 9.84. The van der Waals surface area contributed by atoms with Crippen LogP contribution in [0.5, 0.6) is 0 Å². The Morgan fingerprint density at radius 3 is 2.50 bits per heavy atom. The van der Waals surface area contributed by atoms with E-state index in [1.807, 2.05) is 0 Å². The summed E-state index contributed by atoms with van der Waals surface area (Å²) in [4.78, 5) is 39.9. The predicted octanol–water partition coefficient (Wildman–Crippen LogP) is 1.69. The van der Waals surface area contributed by atoms with Gasteiger partial charge in [0.1, 0.15) is 6.04 Å². The zero-order valence-corrected chi connectivity index (χ0v) is 14.9. The van der Waals surface area contributed by atoms with Crippen LogP contribution in [0.25, 0.3) is 0 Å². The zero-order valence-electron chi connectivity index (χ0n) is 14.9. The van der Waals surface area contributed by atoms with E-state index in [2.05, 4.69) is 15.6 Å². The normalized spacial score (nSPS) is 23.7. The molecular formula is C19H25N3O4. The van der Waals surface area contributed by atoms with Crippen LogP contribution in [-0.4, -0.2) is 41.0 Å². The molecule has 2 amide bonds. The molecule has 0 spiro atoms. The molecule has 3 rings (SSSR count). The van der Waals surface area contributed by atoms with Gasteiger partial charge in [-0.05, 0) is 37.3 Å². The number of pyridine rings is 1. The lowest BCUT2D eigenvalue weighted by Gasteiger charge is -2.28. The number of carbonyl (C=O) groups is 3. The van der Waals surface area contributed by atoms with Gasteiger partial charge in [0.15, 0.2) is 0 Å². The fraction of sp³-hybridized carbons (Fsp3) is 0.579. The minimum Gasteiger partial charge on any atom is -0.480 e. The van der Waals surface area contributed by atoms with Crippen molar-refractivity contribution in [1.82, 2.24) is 15.6 Å². The first-order valence-corrected chi connectivity index (χ1v) is 9.22. The Hall–Kier alpha value is -2.44. The fourth-order valence-corrected chi connectivity index (χ4v) is 3.82. The van der Waals surface area contributed by atoms with Crippen LogP contribution >= 0.6 is 0 Å². The molecule has 1 aromatic rings. The van der Waals surface area contributed by atoms with Gasteiger partial charge >= 0.3 is 5.97 Å². The molecule has 0 aliphatic heterocycles. The first kappa shape index (κ1) is 18.4. The van der Waals surface area contributed by atoms with Gasteiger partial charge in [0.2, 0.25) is 5.91 Å². The summed E-state index contributed by atoms with van der Waals surface area (Å²) in [5.41, 5.74) is 1.24. The molecule has 2 aliphatic rings. The smallest absolute Gasteiger partial charge is 0.326 e. The van der Waals surface area contributed by atoms with Crippen LogP contribution in [0.1, 0.15) is 60.5 Å². The molecule has 0 aromatic carbocycles. The summed E-state index contributed by atoms with van der Waals surface area (Å²) >= 11 is 0. The molecule has 7 nitrogen and oxygen atoms in total. The second-order valence-corrected chi connectivity index (χ2v) is 7.22. The molecule has 0 radical (unpaired) electrons. The summed E-state index contributed by atoms with van der Waals surface area (Å²) in [7, 11) is 1.56. The van der Waals surface area contributed by atoms with E-state index in [-0.39, 0.29) is 29.6 Å². The maximum atomic E-state index is 12.5. The highest BCUT2D eigenvalue weighted by atomic mass is 16.4. The van der Waals surface area contributed by atoms with Crippen molar-refractivity contribution in [1.29, 1.82) is 0 Å². The number of carboxylic acid groups (broad SMARTS) is 1. The van der Waals surface area contributed by atoms with Crippen LogP contribution in [-0.2, 0) is 9.59 Å². The molecular weight excluding hydrogens is 334 g/mol. The average Bonchev–Trinajstić information content (AvgIpc) is 3.47. The molecule has 2 aliphatic carbocycles. The Labute approximate surface area is 152 Å². The second kappa shape index (κ2) is 7.85. The zero-order chi connectivity index (χ0) is 18.7. The van der Waals surface area contributed by atoms with Gasteiger partial charge in [0.05, 0.1) is 5.56 Å². The molecule has 1 heterocycles. The molecule has 0 bridgehead atoms. The van der Waals surface area contributed by atoms with Gasteiger partial charge in [0, 0.05) is 30.8 Å². The maximum Gasteiger partial charge on any atom is 0.326 e. The van der Waals surface area contributed by atoms with E-state index in [1.54, 1.807) is 19.2 Å². The first-order chi connectivity index (χ1) is 12.5. The van der Waals surface area contributed by atoms with Crippen LogP contribution in [0, 0.1) is 11.8 Å². The minimum absolute atomic E-state index is 0.00506. The van der Waals surface area contributed by atoms with Gasteiger partial charge in [0.25, 0.3) is 5.91 Å². The van der Waals surface area contributed by atoms with Gasteiger partial charge in [-0.2, -0.15) is 0 Å². The van der Waals surface area contributed by atoms with Crippen LogP contribution in [0.4, 0.5) is 0 Å². The van der Waals surface area contributed by atoms with E-state index >= 15 is 0 Å². The predicted molar refractivity (Wildman–Crippen MR) is 94.6 cm³/mol. The minimum atomic E-state index is -0.949. The monoisotopic (exact) mass is 359 g/mol. The lowest BCUT2D eigenvalue weighted by molar-refractivity contribution is -0.144. The topological polar surface area (TPSA) is 108 Å². The number of amides is 2. The number of hydrogen-bond donors (Lipinski definition) is 3. The third-order valence-corrected chi connectivity index (χ3v) is 5.47. The SMILES string of the molecule is CNC(=O)c1ccc(C2CC2C(=O)N[C@H](C(=O)O)C2CCCCC2)nc1. The number of aliphatic carboxylic acids is 1. The number of carboxylic acids is 1. The van der Waals surface area contributed by atoms with Crippen molar-refractivity contribution in [2.75, 3.05) is 7.05 Å². The van der Waals surface area contributed by atoms with Crippen LogP contribution in [0.3, 0.4) is 0 Å². The summed E-state index contributed by atoms with van der Waals surface area (Å²) < 4.78 is 0. The van der Waals surface area contributed by atoms with Crippen LogP contribution in [0.15, 0.2) is 18.3 Å². The Balaban J connectivity index is 1.59. The van der Waals surface area contributed by atoms with Crippen molar-refractivity contribution in [3.8, 4) is 0 Å². The summed E-state index contributed by atoms with van der Waals surface area (Å²) in [5, 5.41) is 14.8. The summed E-state index contributed by atoms with van der Waals surface area (Å²) in [6.45, 7) is 0. The number of carbonyl (C=O) groups excluding carboxylic acids is 2. The molecule has 2 unspecified atom stereocenters. The van der Waals surface area contributed by atoms with Crippen LogP contribution < -0.4 is 10.6 Å². The molecule has 3 atom stereocenters. The molecule has 2 fully saturated rings. The number of nitrogens with one attached hydrogen (secondary N) is 2. The molecule has 7 heteroatoms. The summed E-state index contributed by atoms with van der Waals surface area (Å²) in [6.07, 6.45) is 7.07. The largest absolute Gasteiger partial charge is 0.480 e. The maximum absolute atomic E-state index is 12.5.